The molecule has 0 amide bonds. The lowest BCUT2D eigenvalue weighted by Gasteiger charge is -2.19. The first kappa shape index (κ1) is 12.2. The van der Waals surface area contributed by atoms with E-state index in [1.165, 1.54) is 0 Å². The van der Waals surface area contributed by atoms with Gasteiger partial charge in [0, 0.05) is 22.9 Å². The van der Waals surface area contributed by atoms with E-state index in [1.807, 2.05) is 24.3 Å². The maximum Gasteiger partial charge on any atom is 0.138 e. The smallest absolute Gasteiger partial charge is 0.138 e. The van der Waals surface area contributed by atoms with Gasteiger partial charge in [0.15, 0.2) is 0 Å². The highest BCUT2D eigenvalue weighted by Gasteiger charge is 2.23. The maximum atomic E-state index is 9.64. The average Bonchev–Trinajstić information content (AvgIpc) is 2.74. The molecule has 18 heavy (non-hydrogen) atoms. The van der Waals surface area contributed by atoms with Crippen LogP contribution >= 0.6 is 27.5 Å². The molecule has 5 heteroatoms. The molecule has 2 aromatic rings. The molecule has 94 valence electrons. The van der Waals surface area contributed by atoms with E-state index in [0.29, 0.717) is 11.7 Å². The first-order valence-electron chi connectivity index (χ1n) is 5.82. The standard InChI is InChI=1S/C13H12BrClN2O/c14-9-1-2-11-8(5-9)6-12(15)16-13(11)17-4-3-10(18)7-17/h1-2,5-6,10,18H,3-4,7H2/t10-/m1/s1. The van der Waals surface area contributed by atoms with Crippen LogP contribution in [0.1, 0.15) is 6.42 Å². The second-order valence-electron chi connectivity index (χ2n) is 4.52. The van der Waals surface area contributed by atoms with Gasteiger partial charge in [-0.05, 0) is 36.1 Å². The molecule has 0 unspecified atom stereocenters. The van der Waals surface area contributed by atoms with Crippen LogP contribution in [0, 0.1) is 0 Å². The Morgan fingerprint density at radius 2 is 2.22 bits per heavy atom. The number of aliphatic hydroxyl groups excluding tert-OH is 1. The van der Waals surface area contributed by atoms with E-state index in [9.17, 15) is 5.11 Å². The summed E-state index contributed by atoms with van der Waals surface area (Å²) < 4.78 is 1.02. The van der Waals surface area contributed by atoms with Crippen molar-refractivity contribution in [3.63, 3.8) is 0 Å². The summed E-state index contributed by atoms with van der Waals surface area (Å²) in [5.41, 5.74) is 0. The number of hydrogen-bond donors (Lipinski definition) is 1. The Kier molecular flexibility index (Phi) is 3.18. The molecule has 0 aliphatic carbocycles. The van der Waals surface area contributed by atoms with Crippen molar-refractivity contribution < 1.29 is 5.11 Å². The van der Waals surface area contributed by atoms with E-state index in [4.69, 9.17) is 11.6 Å². The van der Waals surface area contributed by atoms with Crippen molar-refractivity contribution in [2.24, 2.45) is 0 Å². The van der Waals surface area contributed by atoms with Gasteiger partial charge in [0.2, 0.25) is 0 Å². The van der Waals surface area contributed by atoms with Crippen molar-refractivity contribution in [2.45, 2.75) is 12.5 Å². The highest BCUT2D eigenvalue weighted by atomic mass is 79.9. The lowest BCUT2D eigenvalue weighted by Crippen LogP contribution is -2.22. The van der Waals surface area contributed by atoms with Crippen LogP contribution in [0.25, 0.3) is 10.8 Å². The lowest BCUT2D eigenvalue weighted by atomic mass is 10.1. The number of anilines is 1. The molecule has 0 bridgehead atoms. The van der Waals surface area contributed by atoms with Gasteiger partial charge in [0.05, 0.1) is 6.10 Å². The summed E-state index contributed by atoms with van der Waals surface area (Å²) in [5.74, 6) is 0.863. The Bertz CT molecular complexity index is 600. The molecule has 1 N–H and O–H groups in total. The molecule has 0 radical (unpaired) electrons. The predicted octanol–water partition coefficient (Wildman–Crippen LogP) is 3.22. The number of fused-ring (bicyclic) bond motifs is 1. The topological polar surface area (TPSA) is 36.4 Å². The molecule has 1 atom stereocenters. The monoisotopic (exact) mass is 326 g/mol. The molecule has 2 heterocycles. The van der Waals surface area contributed by atoms with Crippen LogP contribution in [0.3, 0.4) is 0 Å². The van der Waals surface area contributed by atoms with Gasteiger partial charge in [0.1, 0.15) is 11.0 Å². The van der Waals surface area contributed by atoms with Gasteiger partial charge in [-0.25, -0.2) is 4.98 Å². The van der Waals surface area contributed by atoms with Crippen molar-refractivity contribution in [2.75, 3.05) is 18.0 Å². The van der Waals surface area contributed by atoms with Gasteiger partial charge in [-0.1, -0.05) is 27.5 Å². The quantitative estimate of drug-likeness (QED) is 0.817. The highest BCUT2D eigenvalue weighted by Crippen LogP contribution is 2.31. The fraction of sp³-hybridized carbons (Fsp3) is 0.308. The molecule has 1 aromatic heterocycles. The molecule has 3 nitrogen and oxygen atoms in total. The summed E-state index contributed by atoms with van der Waals surface area (Å²) in [6.07, 6.45) is 0.517. The molecule has 1 saturated heterocycles. The van der Waals surface area contributed by atoms with E-state index in [2.05, 4.69) is 25.8 Å². The minimum absolute atomic E-state index is 0.267. The van der Waals surface area contributed by atoms with Gasteiger partial charge >= 0.3 is 0 Å². The Labute approximate surface area is 119 Å². The van der Waals surface area contributed by atoms with Crippen LogP contribution in [0.4, 0.5) is 5.82 Å². The average molecular weight is 328 g/mol. The number of aromatic nitrogens is 1. The number of β-amino-alcohol motifs (C(OH)–C–C–N with tert-alkyl or cyclic N) is 1. The predicted molar refractivity (Wildman–Crippen MR) is 77.3 cm³/mol. The normalized spacial score (nSPS) is 19.7. The number of pyridine rings is 1. The maximum absolute atomic E-state index is 9.64. The summed E-state index contributed by atoms with van der Waals surface area (Å²) in [4.78, 5) is 6.50. The zero-order chi connectivity index (χ0) is 12.7. The molecule has 1 aliphatic rings. The number of halogens is 2. The molecule has 1 aromatic carbocycles. The van der Waals surface area contributed by atoms with E-state index in [-0.39, 0.29) is 6.10 Å². The van der Waals surface area contributed by atoms with Gasteiger partial charge in [-0.3, -0.25) is 0 Å². The summed E-state index contributed by atoms with van der Waals surface area (Å²) in [6, 6.07) is 7.91. The number of aliphatic hydroxyl groups is 1. The second kappa shape index (κ2) is 4.68. The van der Waals surface area contributed by atoms with E-state index in [0.717, 1.165) is 34.0 Å². The zero-order valence-corrected chi connectivity index (χ0v) is 11.9. The first-order chi connectivity index (χ1) is 8.63. The Hall–Kier alpha value is -0.840. The van der Waals surface area contributed by atoms with Crippen molar-refractivity contribution in [3.8, 4) is 0 Å². The van der Waals surface area contributed by atoms with Crippen LogP contribution in [0.5, 0.6) is 0 Å². The Morgan fingerprint density at radius 3 is 2.94 bits per heavy atom. The summed E-state index contributed by atoms with van der Waals surface area (Å²) in [7, 11) is 0. The molecule has 0 saturated carbocycles. The first-order valence-corrected chi connectivity index (χ1v) is 6.99. The van der Waals surface area contributed by atoms with E-state index in [1.54, 1.807) is 0 Å². The van der Waals surface area contributed by atoms with Gasteiger partial charge in [0.25, 0.3) is 0 Å². The van der Waals surface area contributed by atoms with Crippen molar-refractivity contribution in [3.05, 3.63) is 33.9 Å². The van der Waals surface area contributed by atoms with Crippen LogP contribution in [0.15, 0.2) is 28.7 Å². The fourth-order valence-corrected chi connectivity index (χ4v) is 2.93. The van der Waals surface area contributed by atoms with Crippen LogP contribution < -0.4 is 4.90 Å². The molecular weight excluding hydrogens is 316 g/mol. The summed E-state index contributed by atoms with van der Waals surface area (Å²) in [6.45, 7) is 1.44. The highest BCUT2D eigenvalue weighted by molar-refractivity contribution is 9.10. The Balaban J connectivity index is 2.15. The third-order valence-electron chi connectivity index (χ3n) is 3.20. The summed E-state index contributed by atoms with van der Waals surface area (Å²) in [5, 5.41) is 12.2. The number of nitrogens with zero attached hydrogens (tertiary/aromatic N) is 2. The number of rotatable bonds is 1. The third-order valence-corrected chi connectivity index (χ3v) is 3.89. The number of hydrogen-bond acceptors (Lipinski definition) is 3. The van der Waals surface area contributed by atoms with E-state index < -0.39 is 0 Å². The Morgan fingerprint density at radius 1 is 1.39 bits per heavy atom. The summed E-state index contributed by atoms with van der Waals surface area (Å²) >= 11 is 9.53. The molecule has 3 rings (SSSR count). The SMILES string of the molecule is O[C@@H]1CCN(c2nc(Cl)cc3cc(Br)ccc23)C1. The zero-order valence-electron chi connectivity index (χ0n) is 9.61. The van der Waals surface area contributed by atoms with Crippen LogP contribution in [0.2, 0.25) is 5.15 Å². The van der Waals surface area contributed by atoms with Crippen molar-refractivity contribution in [1.82, 2.24) is 4.98 Å². The van der Waals surface area contributed by atoms with Crippen molar-refractivity contribution in [1.29, 1.82) is 0 Å². The van der Waals surface area contributed by atoms with Gasteiger partial charge in [-0.15, -0.1) is 0 Å². The number of benzene rings is 1. The lowest BCUT2D eigenvalue weighted by molar-refractivity contribution is 0.198. The van der Waals surface area contributed by atoms with Gasteiger partial charge in [-0.2, -0.15) is 0 Å². The largest absolute Gasteiger partial charge is 0.391 e. The van der Waals surface area contributed by atoms with Crippen LogP contribution in [-0.4, -0.2) is 29.3 Å². The minimum Gasteiger partial charge on any atom is -0.391 e. The molecule has 0 spiro atoms. The van der Waals surface area contributed by atoms with Crippen molar-refractivity contribution >= 4 is 44.1 Å². The van der Waals surface area contributed by atoms with E-state index >= 15 is 0 Å². The molecule has 1 aliphatic heterocycles. The fourth-order valence-electron chi connectivity index (χ4n) is 2.35. The molecule has 1 fully saturated rings. The minimum atomic E-state index is -0.267. The van der Waals surface area contributed by atoms with Crippen LogP contribution in [-0.2, 0) is 0 Å². The van der Waals surface area contributed by atoms with Gasteiger partial charge < -0.3 is 10.0 Å². The molecular formula is C13H12BrClN2O. The third kappa shape index (κ3) is 2.20. The second-order valence-corrected chi connectivity index (χ2v) is 5.83.